The summed E-state index contributed by atoms with van der Waals surface area (Å²) >= 11 is 16.3. The van der Waals surface area contributed by atoms with Gasteiger partial charge in [-0.25, -0.2) is 4.79 Å². The quantitative estimate of drug-likeness (QED) is 0.521. The van der Waals surface area contributed by atoms with Crippen LogP contribution in [0.25, 0.3) is 11.3 Å². The second kappa shape index (κ2) is 6.47. The number of rotatable bonds is 3. The number of pyridine rings is 1. The lowest BCUT2D eigenvalue weighted by atomic mass is 10.0. The molecular formula is C14H9Cl2NO3S. The third-order valence-corrected chi connectivity index (χ3v) is 3.66. The summed E-state index contributed by atoms with van der Waals surface area (Å²) in [4.78, 5) is 27.7. The molecule has 1 aromatic carbocycles. The first-order valence-electron chi connectivity index (χ1n) is 5.70. The average Bonchev–Trinajstić information content (AvgIpc) is 2.45. The molecule has 1 aromatic heterocycles. The molecule has 0 spiro atoms. The van der Waals surface area contributed by atoms with Crippen molar-refractivity contribution in [2.75, 3.05) is 7.11 Å². The van der Waals surface area contributed by atoms with E-state index in [2.05, 4.69) is 17.6 Å². The van der Waals surface area contributed by atoms with Gasteiger partial charge >= 0.3 is 5.97 Å². The van der Waals surface area contributed by atoms with Gasteiger partial charge in [-0.05, 0) is 18.2 Å². The minimum atomic E-state index is -0.619. The van der Waals surface area contributed by atoms with Crippen LogP contribution in [0, 0.1) is 0 Å². The molecule has 0 amide bonds. The highest BCUT2D eigenvalue weighted by molar-refractivity contribution is 7.80. The number of carbonyl (C=O) groups is 2. The lowest BCUT2D eigenvalue weighted by molar-refractivity contribution is 0.0597. The molecule has 4 nitrogen and oxygen atoms in total. The van der Waals surface area contributed by atoms with Crippen molar-refractivity contribution in [3.8, 4) is 11.3 Å². The number of esters is 1. The van der Waals surface area contributed by atoms with Gasteiger partial charge in [0.1, 0.15) is 0 Å². The minimum Gasteiger partial charge on any atom is -0.465 e. The minimum absolute atomic E-state index is 0.135. The van der Waals surface area contributed by atoms with Crippen molar-refractivity contribution in [3.05, 3.63) is 45.6 Å². The average molecular weight is 342 g/mol. The van der Waals surface area contributed by atoms with Crippen LogP contribution in [0.5, 0.6) is 0 Å². The fourth-order valence-corrected chi connectivity index (χ4v) is 2.74. The van der Waals surface area contributed by atoms with Crippen molar-refractivity contribution in [2.24, 2.45) is 0 Å². The van der Waals surface area contributed by atoms with Crippen LogP contribution >= 0.6 is 35.8 Å². The highest BCUT2D eigenvalue weighted by Gasteiger charge is 2.22. The predicted octanol–water partition coefficient (Wildman–Crippen LogP) is 3.94. The van der Waals surface area contributed by atoms with Gasteiger partial charge in [-0.15, -0.1) is 12.6 Å². The summed E-state index contributed by atoms with van der Waals surface area (Å²) in [6.45, 7) is 0. The molecule has 0 N–H and O–H groups in total. The number of aldehydes is 1. The van der Waals surface area contributed by atoms with Crippen LogP contribution in [-0.4, -0.2) is 24.3 Å². The van der Waals surface area contributed by atoms with E-state index >= 15 is 0 Å². The summed E-state index contributed by atoms with van der Waals surface area (Å²) in [7, 11) is 1.25. The van der Waals surface area contributed by atoms with Gasteiger partial charge in [-0.3, -0.25) is 9.78 Å². The molecule has 7 heteroatoms. The van der Waals surface area contributed by atoms with E-state index in [1.165, 1.54) is 25.4 Å². The van der Waals surface area contributed by atoms with Crippen LogP contribution in [0.15, 0.2) is 29.3 Å². The molecule has 0 bridgehead atoms. The molecule has 0 saturated heterocycles. The number of methoxy groups -OCH3 is 1. The molecule has 21 heavy (non-hydrogen) atoms. The number of aromatic nitrogens is 1. The highest BCUT2D eigenvalue weighted by Crippen LogP contribution is 2.36. The number of carbonyl (C=O) groups excluding carboxylic acids is 2. The van der Waals surface area contributed by atoms with E-state index in [0.29, 0.717) is 21.8 Å². The van der Waals surface area contributed by atoms with Gasteiger partial charge in [0.2, 0.25) is 0 Å². The SMILES string of the molecule is COC(=O)c1c(S)ccnc1-c1c(Cl)cc(Cl)cc1C=O. The molecule has 1 heterocycles. The van der Waals surface area contributed by atoms with Crippen molar-refractivity contribution < 1.29 is 14.3 Å². The maximum absolute atomic E-state index is 11.9. The number of nitrogens with zero attached hydrogens (tertiary/aromatic N) is 1. The zero-order chi connectivity index (χ0) is 15.6. The van der Waals surface area contributed by atoms with E-state index in [1.54, 1.807) is 6.07 Å². The van der Waals surface area contributed by atoms with Gasteiger partial charge in [0.15, 0.2) is 6.29 Å². The maximum atomic E-state index is 11.9. The van der Waals surface area contributed by atoms with E-state index in [4.69, 9.17) is 27.9 Å². The van der Waals surface area contributed by atoms with E-state index in [0.717, 1.165) is 0 Å². The molecule has 108 valence electrons. The Balaban J connectivity index is 2.82. The molecular weight excluding hydrogens is 333 g/mol. The number of hydrogen-bond donors (Lipinski definition) is 1. The topological polar surface area (TPSA) is 56.3 Å². The van der Waals surface area contributed by atoms with E-state index in [9.17, 15) is 9.59 Å². The van der Waals surface area contributed by atoms with Gasteiger partial charge in [-0.2, -0.15) is 0 Å². The molecule has 2 aromatic rings. The number of thiol groups is 1. The largest absolute Gasteiger partial charge is 0.465 e. The van der Waals surface area contributed by atoms with Crippen LogP contribution in [0.4, 0.5) is 0 Å². The second-order valence-electron chi connectivity index (χ2n) is 4.01. The summed E-state index contributed by atoms with van der Waals surface area (Å²) in [5.74, 6) is -0.619. The second-order valence-corrected chi connectivity index (χ2v) is 5.34. The van der Waals surface area contributed by atoms with Crippen molar-refractivity contribution >= 4 is 48.1 Å². The third kappa shape index (κ3) is 3.05. The molecule has 0 fully saturated rings. The van der Waals surface area contributed by atoms with Gasteiger partial charge in [0, 0.05) is 27.2 Å². The van der Waals surface area contributed by atoms with Crippen molar-refractivity contribution in [1.82, 2.24) is 4.98 Å². The monoisotopic (exact) mass is 341 g/mol. The molecule has 0 saturated carbocycles. The Hall–Kier alpha value is -1.56. The van der Waals surface area contributed by atoms with Gasteiger partial charge in [-0.1, -0.05) is 23.2 Å². The predicted molar refractivity (Wildman–Crippen MR) is 83.7 cm³/mol. The molecule has 2 rings (SSSR count). The summed E-state index contributed by atoms with van der Waals surface area (Å²) in [6, 6.07) is 4.46. The van der Waals surface area contributed by atoms with Crippen LogP contribution < -0.4 is 0 Å². The van der Waals surface area contributed by atoms with E-state index in [1.807, 2.05) is 0 Å². The molecule has 0 aliphatic rings. The number of halogens is 2. The summed E-state index contributed by atoms with van der Waals surface area (Å²) < 4.78 is 4.73. The summed E-state index contributed by atoms with van der Waals surface area (Å²) in [6.07, 6.45) is 2.06. The molecule has 0 aliphatic heterocycles. The Bertz CT molecular complexity index is 734. The molecule has 0 unspecified atom stereocenters. The Kier molecular flexibility index (Phi) is 4.88. The first-order valence-corrected chi connectivity index (χ1v) is 6.90. The van der Waals surface area contributed by atoms with Crippen molar-refractivity contribution in [3.63, 3.8) is 0 Å². The van der Waals surface area contributed by atoms with Gasteiger partial charge < -0.3 is 4.74 Å². The van der Waals surface area contributed by atoms with Crippen LogP contribution in [0.2, 0.25) is 10.0 Å². The first kappa shape index (κ1) is 15.8. The van der Waals surface area contributed by atoms with Gasteiger partial charge in [0.25, 0.3) is 0 Å². The van der Waals surface area contributed by atoms with E-state index < -0.39 is 5.97 Å². The Morgan fingerprint density at radius 3 is 2.71 bits per heavy atom. The standard InChI is InChI=1S/C14H9Cl2NO3S/c1-20-14(19)12-10(21)2-3-17-13(12)11-7(6-18)4-8(15)5-9(11)16/h2-6H,1H3,(H,17,21). The van der Waals surface area contributed by atoms with Crippen LogP contribution in [0.3, 0.4) is 0 Å². The number of ether oxygens (including phenoxy) is 1. The van der Waals surface area contributed by atoms with E-state index in [-0.39, 0.29) is 21.8 Å². The Labute approximate surface area is 136 Å². The first-order chi connectivity index (χ1) is 9.99. The molecule has 0 radical (unpaired) electrons. The fourth-order valence-electron chi connectivity index (χ4n) is 1.88. The smallest absolute Gasteiger partial charge is 0.341 e. The zero-order valence-electron chi connectivity index (χ0n) is 10.8. The summed E-state index contributed by atoms with van der Waals surface area (Å²) in [5.41, 5.74) is 0.894. The maximum Gasteiger partial charge on any atom is 0.341 e. The molecule has 0 aliphatic carbocycles. The van der Waals surface area contributed by atoms with Gasteiger partial charge in [0.05, 0.1) is 23.4 Å². The van der Waals surface area contributed by atoms with Crippen LogP contribution in [-0.2, 0) is 4.74 Å². The summed E-state index contributed by atoms with van der Waals surface area (Å²) in [5, 5.41) is 0.522. The number of hydrogen-bond acceptors (Lipinski definition) is 5. The lowest BCUT2D eigenvalue weighted by Crippen LogP contribution is -2.07. The highest BCUT2D eigenvalue weighted by atomic mass is 35.5. The van der Waals surface area contributed by atoms with Crippen molar-refractivity contribution in [2.45, 2.75) is 4.90 Å². The lowest BCUT2D eigenvalue weighted by Gasteiger charge is -2.12. The zero-order valence-corrected chi connectivity index (χ0v) is 13.2. The molecule has 0 atom stereocenters. The fraction of sp³-hybridized carbons (Fsp3) is 0.0714. The Morgan fingerprint density at radius 1 is 1.38 bits per heavy atom. The third-order valence-electron chi connectivity index (χ3n) is 2.77. The van der Waals surface area contributed by atoms with Crippen LogP contribution in [0.1, 0.15) is 20.7 Å². The number of benzene rings is 1. The normalized spacial score (nSPS) is 10.3. The Morgan fingerprint density at radius 2 is 2.10 bits per heavy atom. The van der Waals surface area contributed by atoms with Crippen molar-refractivity contribution in [1.29, 1.82) is 0 Å².